The molecule has 1 saturated heterocycles. The third-order valence-corrected chi connectivity index (χ3v) is 5.15. The predicted octanol–water partition coefficient (Wildman–Crippen LogP) is 1.13. The number of hydrogen-bond donors (Lipinski definition) is 3. The standard InChI is InChI=1S/C21H24N8O/c1-2-28-13-25-11-15(21(28)30)18-10-14(16(22)12-26-18)20(23)17-4-3-5-19(27-17)29-8-6-24-7-9-29/h3-5,10-13,23-24H,2,6-9,22H2,1H3. The second-order valence-electron chi connectivity index (χ2n) is 7.05. The van der Waals surface area contributed by atoms with Gasteiger partial charge >= 0.3 is 0 Å². The molecule has 0 aromatic carbocycles. The Morgan fingerprint density at radius 1 is 1.27 bits per heavy atom. The molecule has 3 aromatic rings. The maximum Gasteiger partial charge on any atom is 0.262 e. The van der Waals surface area contributed by atoms with E-state index in [9.17, 15) is 4.79 Å². The molecule has 0 radical (unpaired) electrons. The Bertz CT molecular complexity index is 1130. The van der Waals surface area contributed by atoms with Gasteiger partial charge in [0.2, 0.25) is 0 Å². The van der Waals surface area contributed by atoms with E-state index in [1.165, 1.54) is 23.3 Å². The van der Waals surface area contributed by atoms with Crippen molar-refractivity contribution in [2.45, 2.75) is 13.5 Å². The van der Waals surface area contributed by atoms with E-state index >= 15 is 0 Å². The van der Waals surface area contributed by atoms with E-state index in [4.69, 9.17) is 11.1 Å². The third kappa shape index (κ3) is 3.79. The van der Waals surface area contributed by atoms with E-state index < -0.39 is 0 Å². The van der Waals surface area contributed by atoms with Crippen LogP contribution in [0.4, 0.5) is 11.5 Å². The minimum absolute atomic E-state index is 0.180. The SMILES string of the molecule is CCn1cncc(-c2cc(C(=N)c3cccc(N4CCNCC4)n3)c(N)cn2)c1=O. The lowest BCUT2D eigenvalue weighted by Crippen LogP contribution is -2.44. The lowest BCUT2D eigenvalue weighted by molar-refractivity contribution is 0.585. The largest absolute Gasteiger partial charge is 0.397 e. The first-order chi connectivity index (χ1) is 14.6. The molecule has 0 amide bonds. The van der Waals surface area contributed by atoms with E-state index in [2.05, 4.69) is 25.2 Å². The molecule has 4 heterocycles. The molecule has 0 saturated carbocycles. The van der Waals surface area contributed by atoms with Gasteiger partial charge in [0.15, 0.2) is 0 Å². The average molecular weight is 404 g/mol. The van der Waals surface area contributed by atoms with Crippen LogP contribution in [0.15, 0.2) is 47.8 Å². The molecule has 30 heavy (non-hydrogen) atoms. The van der Waals surface area contributed by atoms with Crippen molar-refractivity contribution in [2.24, 2.45) is 0 Å². The number of hydrogen-bond acceptors (Lipinski definition) is 8. The van der Waals surface area contributed by atoms with Gasteiger partial charge in [0.1, 0.15) is 5.82 Å². The van der Waals surface area contributed by atoms with Crippen molar-refractivity contribution in [3.8, 4) is 11.3 Å². The summed E-state index contributed by atoms with van der Waals surface area (Å²) in [7, 11) is 0. The summed E-state index contributed by atoms with van der Waals surface area (Å²) in [6, 6.07) is 7.30. The average Bonchev–Trinajstić information content (AvgIpc) is 2.80. The van der Waals surface area contributed by atoms with Gasteiger partial charge in [-0.25, -0.2) is 9.97 Å². The molecule has 1 aliphatic heterocycles. The lowest BCUT2D eigenvalue weighted by Gasteiger charge is -2.28. The summed E-state index contributed by atoms with van der Waals surface area (Å²) in [5.74, 6) is 0.838. The van der Waals surface area contributed by atoms with Crippen LogP contribution in [-0.2, 0) is 6.54 Å². The van der Waals surface area contributed by atoms with Crippen LogP contribution in [0.3, 0.4) is 0 Å². The summed E-state index contributed by atoms with van der Waals surface area (Å²) in [5.41, 5.74) is 8.31. The van der Waals surface area contributed by atoms with Gasteiger partial charge in [-0.2, -0.15) is 0 Å². The third-order valence-electron chi connectivity index (χ3n) is 5.15. The Balaban J connectivity index is 1.70. The Hall–Kier alpha value is -3.59. The van der Waals surface area contributed by atoms with Crippen molar-refractivity contribution in [1.29, 1.82) is 5.41 Å². The molecule has 0 unspecified atom stereocenters. The summed E-state index contributed by atoms with van der Waals surface area (Å²) in [4.78, 5) is 27.9. The summed E-state index contributed by atoms with van der Waals surface area (Å²) in [6.07, 6.45) is 4.46. The Labute approximate surface area is 174 Å². The Morgan fingerprint density at radius 2 is 2.07 bits per heavy atom. The van der Waals surface area contributed by atoms with Crippen LogP contribution in [0.2, 0.25) is 0 Å². The predicted molar refractivity (Wildman–Crippen MR) is 117 cm³/mol. The molecule has 0 spiro atoms. The normalized spacial score (nSPS) is 14.0. The zero-order valence-corrected chi connectivity index (χ0v) is 16.8. The van der Waals surface area contributed by atoms with E-state index in [-0.39, 0.29) is 11.3 Å². The van der Waals surface area contributed by atoms with E-state index in [0.29, 0.717) is 34.7 Å². The smallest absolute Gasteiger partial charge is 0.262 e. The summed E-state index contributed by atoms with van der Waals surface area (Å²) < 4.78 is 1.51. The van der Waals surface area contributed by atoms with Crippen LogP contribution < -0.4 is 21.5 Å². The Kier molecular flexibility index (Phi) is 5.53. The van der Waals surface area contributed by atoms with Crippen LogP contribution in [0.1, 0.15) is 18.2 Å². The molecule has 1 aliphatic rings. The van der Waals surface area contributed by atoms with Crippen LogP contribution in [0.5, 0.6) is 0 Å². The van der Waals surface area contributed by atoms with Crippen molar-refractivity contribution in [3.05, 3.63) is 64.6 Å². The minimum atomic E-state index is -0.180. The van der Waals surface area contributed by atoms with E-state index in [1.807, 2.05) is 19.1 Å². The summed E-state index contributed by atoms with van der Waals surface area (Å²) in [5, 5.41) is 12.0. The molecule has 0 aliphatic carbocycles. The topological polar surface area (TPSA) is 126 Å². The maximum atomic E-state index is 12.6. The van der Waals surface area contributed by atoms with Crippen molar-refractivity contribution in [3.63, 3.8) is 0 Å². The highest BCUT2D eigenvalue weighted by Crippen LogP contribution is 2.22. The minimum Gasteiger partial charge on any atom is -0.397 e. The van der Waals surface area contributed by atoms with Gasteiger partial charge in [0.05, 0.1) is 40.9 Å². The number of aromatic nitrogens is 4. The first kappa shape index (κ1) is 19.7. The first-order valence-electron chi connectivity index (χ1n) is 9.91. The molecule has 4 rings (SSSR count). The number of nitrogens with two attached hydrogens (primary N) is 1. The molecule has 9 heteroatoms. The number of nitrogens with zero attached hydrogens (tertiary/aromatic N) is 5. The van der Waals surface area contributed by atoms with Gasteiger partial charge in [-0.05, 0) is 25.1 Å². The summed E-state index contributed by atoms with van der Waals surface area (Å²) in [6.45, 7) is 5.95. The first-order valence-corrected chi connectivity index (χ1v) is 9.91. The van der Waals surface area contributed by atoms with Crippen molar-refractivity contribution in [2.75, 3.05) is 36.8 Å². The zero-order chi connectivity index (χ0) is 21.1. The number of nitrogens with one attached hydrogen (secondary N) is 2. The second-order valence-corrected chi connectivity index (χ2v) is 7.05. The Morgan fingerprint density at radius 3 is 2.83 bits per heavy atom. The fourth-order valence-corrected chi connectivity index (χ4v) is 3.45. The highest BCUT2D eigenvalue weighted by atomic mass is 16.1. The number of aryl methyl sites for hydroxylation is 1. The highest BCUT2D eigenvalue weighted by molar-refractivity contribution is 6.13. The van der Waals surface area contributed by atoms with Gasteiger partial charge < -0.3 is 16.0 Å². The number of piperazine rings is 1. The summed E-state index contributed by atoms with van der Waals surface area (Å²) >= 11 is 0. The van der Waals surface area contributed by atoms with Crippen LogP contribution in [0.25, 0.3) is 11.3 Å². The van der Waals surface area contributed by atoms with Crippen molar-refractivity contribution in [1.82, 2.24) is 24.8 Å². The number of rotatable bonds is 5. The van der Waals surface area contributed by atoms with Crippen molar-refractivity contribution >= 4 is 17.2 Å². The highest BCUT2D eigenvalue weighted by Gasteiger charge is 2.17. The van der Waals surface area contributed by atoms with Crippen LogP contribution >= 0.6 is 0 Å². The fraction of sp³-hybridized carbons (Fsp3) is 0.286. The van der Waals surface area contributed by atoms with Crippen LogP contribution in [-0.4, -0.2) is 51.4 Å². The molecule has 9 nitrogen and oxygen atoms in total. The van der Waals surface area contributed by atoms with Gasteiger partial charge in [-0.3, -0.25) is 19.8 Å². The van der Waals surface area contributed by atoms with Gasteiger partial charge in [0.25, 0.3) is 5.56 Å². The molecule has 4 N–H and O–H groups in total. The zero-order valence-electron chi connectivity index (χ0n) is 16.8. The van der Waals surface area contributed by atoms with E-state index in [0.717, 1.165) is 32.0 Å². The number of anilines is 2. The monoisotopic (exact) mass is 404 g/mol. The molecule has 3 aromatic heterocycles. The molecule has 154 valence electrons. The quantitative estimate of drug-likeness (QED) is 0.544. The lowest BCUT2D eigenvalue weighted by atomic mass is 10.0. The number of pyridine rings is 2. The maximum absolute atomic E-state index is 12.6. The fourth-order valence-electron chi connectivity index (χ4n) is 3.45. The second kappa shape index (κ2) is 8.42. The van der Waals surface area contributed by atoms with Crippen molar-refractivity contribution < 1.29 is 0 Å². The van der Waals surface area contributed by atoms with E-state index in [1.54, 1.807) is 12.1 Å². The molecular weight excluding hydrogens is 380 g/mol. The molecule has 0 bridgehead atoms. The molecule has 0 atom stereocenters. The van der Waals surface area contributed by atoms with Crippen LogP contribution in [0, 0.1) is 5.41 Å². The van der Waals surface area contributed by atoms with Gasteiger partial charge in [0, 0.05) is 44.5 Å². The molecule has 1 fully saturated rings. The molecular formula is C21H24N8O. The van der Waals surface area contributed by atoms with Gasteiger partial charge in [-0.1, -0.05) is 6.07 Å². The number of nitrogen functional groups attached to an aromatic ring is 1. The van der Waals surface area contributed by atoms with Gasteiger partial charge in [-0.15, -0.1) is 0 Å².